The Morgan fingerprint density at radius 1 is 0.600 bits per heavy atom. The first-order chi connectivity index (χ1) is 14.2. The first kappa shape index (κ1) is 23.4. The molecule has 0 heterocycles. The van der Waals surface area contributed by atoms with Gasteiger partial charge in [0.15, 0.2) is 0 Å². The van der Waals surface area contributed by atoms with E-state index in [0.717, 1.165) is 70.3 Å². The van der Waals surface area contributed by atoms with Crippen LogP contribution in [0.5, 0.6) is 0 Å². The van der Waals surface area contributed by atoms with Gasteiger partial charge >= 0.3 is 0 Å². The van der Waals surface area contributed by atoms with Crippen LogP contribution in [0.1, 0.15) is 99.3 Å². The van der Waals surface area contributed by atoms with Crippen molar-refractivity contribution < 1.29 is 0 Å². The number of rotatable bonds is 4. The Morgan fingerprint density at radius 2 is 1.17 bits per heavy atom. The lowest BCUT2D eigenvalue weighted by Gasteiger charge is -2.49. The summed E-state index contributed by atoms with van der Waals surface area (Å²) in [6, 6.07) is 0. The van der Waals surface area contributed by atoms with Gasteiger partial charge in [-0.1, -0.05) is 99.6 Å². The number of hydrogen-bond acceptors (Lipinski definition) is 0. The van der Waals surface area contributed by atoms with Gasteiger partial charge in [-0.2, -0.15) is 0 Å². The van der Waals surface area contributed by atoms with Gasteiger partial charge in [-0.3, -0.25) is 0 Å². The SMILES string of the molecule is CC(C)C1CC2C(C3CCCCC3)CCCC2C1[Si](C)(C)C1C(C)C(C)C(C)C1C. The quantitative estimate of drug-likeness (QED) is 0.390. The van der Waals surface area contributed by atoms with Gasteiger partial charge in [-0.25, -0.2) is 0 Å². The molecular formula is C29H54Si. The van der Waals surface area contributed by atoms with Crippen molar-refractivity contribution in [3.8, 4) is 0 Å². The fourth-order valence-corrected chi connectivity index (χ4v) is 17.4. The summed E-state index contributed by atoms with van der Waals surface area (Å²) in [5.41, 5.74) is 2.14. The molecule has 0 aromatic carbocycles. The third-order valence-corrected chi connectivity index (χ3v) is 17.4. The van der Waals surface area contributed by atoms with Crippen molar-refractivity contribution >= 4 is 8.07 Å². The van der Waals surface area contributed by atoms with Crippen LogP contribution in [0.25, 0.3) is 0 Å². The molecule has 0 bridgehead atoms. The maximum Gasteiger partial charge on any atom is 0.0547 e. The van der Waals surface area contributed by atoms with Crippen LogP contribution in [0.4, 0.5) is 0 Å². The van der Waals surface area contributed by atoms with Gasteiger partial charge in [0.25, 0.3) is 0 Å². The minimum atomic E-state index is -1.36. The summed E-state index contributed by atoms with van der Waals surface area (Å²) in [6.45, 7) is 21.4. The second-order valence-electron chi connectivity index (χ2n) is 13.8. The van der Waals surface area contributed by atoms with Gasteiger partial charge in [0.05, 0.1) is 8.07 Å². The van der Waals surface area contributed by atoms with E-state index in [1.165, 1.54) is 19.3 Å². The van der Waals surface area contributed by atoms with E-state index in [2.05, 4.69) is 54.6 Å². The van der Waals surface area contributed by atoms with Gasteiger partial charge in [-0.05, 0) is 83.1 Å². The fraction of sp³-hybridized carbons (Fsp3) is 1.00. The zero-order valence-electron chi connectivity index (χ0n) is 21.8. The summed E-state index contributed by atoms with van der Waals surface area (Å²) in [6.07, 6.45) is 14.0. The van der Waals surface area contributed by atoms with Crippen molar-refractivity contribution in [2.24, 2.45) is 59.2 Å². The van der Waals surface area contributed by atoms with E-state index in [1.54, 1.807) is 38.5 Å². The minimum absolute atomic E-state index is 0.890. The summed E-state index contributed by atoms with van der Waals surface area (Å²) in [5.74, 6) is 10.0. The average Bonchev–Trinajstić information content (AvgIpc) is 3.21. The molecule has 1 heteroatoms. The van der Waals surface area contributed by atoms with Gasteiger partial charge in [0, 0.05) is 0 Å². The molecule has 9 unspecified atom stereocenters. The van der Waals surface area contributed by atoms with Crippen molar-refractivity contribution in [1.29, 1.82) is 0 Å². The van der Waals surface area contributed by atoms with Gasteiger partial charge in [0.2, 0.25) is 0 Å². The van der Waals surface area contributed by atoms with Crippen LogP contribution < -0.4 is 0 Å². The van der Waals surface area contributed by atoms with E-state index in [-0.39, 0.29) is 0 Å². The highest BCUT2D eigenvalue weighted by molar-refractivity contribution is 6.80. The largest absolute Gasteiger partial charge is 0.0689 e. The highest BCUT2D eigenvalue weighted by Crippen LogP contribution is 2.66. The molecule has 4 aliphatic rings. The maximum atomic E-state index is 2.88. The van der Waals surface area contributed by atoms with Crippen LogP contribution in [0.2, 0.25) is 24.2 Å². The van der Waals surface area contributed by atoms with Gasteiger partial charge in [-0.15, -0.1) is 0 Å². The zero-order valence-corrected chi connectivity index (χ0v) is 22.8. The van der Waals surface area contributed by atoms with Crippen molar-refractivity contribution in [2.45, 2.75) is 124 Å². The molecule has 0 N–H and O–H groups in total. The first-order valence-electron chi connectivity index (χ1n) is 14.2. The van der Waals surface area contributed by atoms with Crippen molar-refractivity contribution in [3.05, 3.63) is 0 Å². The van der Waals surface area contributed by atoms with E-state index in [1.807, 2.05) is 0 Å². The summed E-state index contributed by atoms with van der Waals surface area (Å²) < 4.78 is 0. The van der Waals surface area contributed by atoms with Gasteiger partial charge < -0.3 is 0 Å². The third-order valence-electron chi connectivity index (χ3n) is 12.1. The molecule has 0 amide bonds. The van der Waals surface area contributed by atoms with Gasteiger partial charge in [0.1, 0.15) is 0 Å². The fourth-order valence-electron chi connectivity index (χ4n) is 10.5. The molecule has 0 aromatic rings. The molecule has 0 radical (unpaired) electrons. The van der Waals surface area contributed by atoms with Crippen LogP contribution in [0, 0.1) is 59.2 Å². The predicted molar refractivity (Wildman–Crippen MR) is 135 cm³/mol. The molecule has 0 spiro atoms. The molecule has 4 aliphatic carbocycles. The Hall–Kier alpha value is 0.217. The molecule has 174 valence electrons. The summed E-state index contributed by atoms with van der Waals surface area (Å²) in [4.78, 5) is 0. The molecule has 30 heavy (non-hydrogen) atoms. The van der Waals surface area contributed by atoms with E-state index in [4.69, 9.17) is 0 Å². The van der Waals surface area contributed by atoms with E-state index in [0.29, 0.717) is 0 Å². The predicted octanol–water partition coefficient (Wildman–Crippen LogP) is 9.28. The van der Waals surface area contributed by atoms with Crippen molar-refractivity contribution in [3.63, 3.8) is 0 Å². The number of hydrogen-bond donors (Lipinski definition) is 0. The van der Waals surface area contributed by atoms with Crippen LogP contribution in [-0.2, 0) is 0 Å². The molecule has 0 nitrogen and oxygen atoms in total. The van der Waals surface area contributed by atoms with Crippen molar-refractivity contribution in [1.82, 2.24) is 0 Å². The zero-order chi connectivity index (χ0) is 21.8. The van der Waals surface area contributed by atoms with E-state index >= 15 is 0 Å². The Bertz CT molecular complexity index is 559. The molecule has 9 atom stereocenters. The second-order valence-corrected chi connectivity index (χ2v) is 18.7. The highest BCUT2D eigenvalue weighted by Gasteiger charge is 2.60. The lowest BCUT2D eigenvalue weighted by molar-refractivity contribution is 0.0975. The molecule has 4 saturated carbocycles. The first-order valence-corrected chi connectivity index (χ1v) is 17.3. The van der Waals surface area contributed by atoms with Crippen LogP contribution in [0.3, 0.4) is 0 Å². The lowest BCUT2D eigenvalue weighted by Crippen LogP contribution is -2.47. The molecule has 4 fully saturated rings. The maximum absolute atomic E-state index is 2.88. The third kappa shape index (κ3) is 3.79. The Morgan fingerprint density at radius 3 is 1.73 bits per heavy atom. The molecule has 0 saturated heterocycles. The van der Waals surface area contributed by atoms with E-state index < -0.39 is 8.07 Å². The highest BCUT2D eigenvalue weighted by atomic mass is 28.3. The minimum Gasteiger partial charge on any atom is -0.0689 e. The smallest absolute Gasteiger partial charge is 0.0547 e. The number of fused-ring (bicyclic) bond motifs is 1. The Balaban J connectivity index is 1.64. The van der Waals surface area contributed by atoms with Crippen LogP contribution in [-0.4, -0.2) is 8.07 Å². The van der Waals surface area contributed by atoms with Crippen molar-refractivity contribution in [2.75, 3.05) is 0 Å². The molecule has 0 aliphatic heterocycles. The Labute approximate surface area is 190 Å². The molecule has 4 rings (SSSR count). The van der Waals surface area contributed by atoms with Crippen LogP contribution in [0.15, 0.2) is 0 Å². The summed E-state index contributed by atoms with van der Waals surface area (Å²) in [5, 5.41) is 0. The van der Waals surface area contributed by atoms with Crippen LogP contribution >= 0.6 is 0 Å². The molecule has 0 aromatic heterocycles. The summed E-state index contributed by atoms with van der Waals surface area (Å²) >= 11 is 0. The topological polar surface area (TPSA) is 0 Å². The Kier molecular flexibility index (Phi) is 6.91. The normalized spacial score (nSPS) is 48.3. The molecular weight excluding hydrogens is 376 g/mol. The standard InChI is InChI=1S/C29H54Si/c1-18(2)26-17-27-24(23-13-10-9-11-14-23)15-12-16-25(27)29(26)30(7,8)28-21(5)19(3)20(4)22(28)6/h18-29H,9-17H2,1-8H3. The summed E-state index contributed by atoms with van der Waals surface area (Å²) in [7, 11) is -1.36. The monoisotopic (exact) mass is 430 g/mol. The average molecular weight is 431 g/mol. The lowest BCUT2D eigenvalue weighted by atomic mass is 9.65. The van der Waals surface area contributed by atoms with E-state index in [9.17, 15) is 0 Å². The second kappa shape index (κ2) is 8.87.